The van der Waals surface area contributed by atoms with E-state index >= 15 is 0 Å². The first-order valence-corrected chi connectivity index (χ1v) is 5.37. The first-order valence-electron chi connectivity index (χ1n) is 4.99. The van der Waals surface area contributed by atoms with E-state index in [0.29, 0.717) is 29.6 Å². The summed E-state index contributed by atoms with van der Waals surface area (Å²) in [7, 11) is 0. The van der Waals surface area contributed by atoms with Crippen LogP contribution in [0.1, 0.15) is 12.3 Å². The molecule has 0 unspecified atom stereocenters. The van der Waals surface area contributed by atoms with Crippen LogP contribution in [-0.4, -0.2) is 21.9 Å². The van der Waals surface area contributed by atoms with Crippen LogP contribution in [0.25, 0.3) is 11.4 Å². The predicted molar refractivity (Wildman–Crippen MR) is 60.2 cm³/mol. The summed E-state index contributed by atoms with van der Waals surface area (Å²) < 4.78 is 5.05. The van der Waals surface area contributed by atoms with Crippen molar-refractivity contribution in [3.05, 3.63) is 35.2 Å². The number of aryl methyl sites for hydroxylation is 1. The summed E-state index contributed by atoms with van der Waals surface area (Å²) in [4.78, 5) is 4.21. The summed E-state index contributed by atoms with van der Waals surface area (Å²) in [6.07, 6.45) is 1.21. The lowest BCUT2D eigenvalue weighted by molar-refractivity contribution is 0.278. The molecule has 0 spiro atoms. The maximum atomic E-state index is 8.68. The van der Waals surface area contributed by atoms with Gasteiger partial charge in [-0.25, -0.2) is 0 Å². The minimum absolute atomic E-state index is 0.120. The van der Waals surface area contributed by atoms with Crippen molar-refractivity contribution in [2.75, 3.05) is 6.61 Å². The molecule has 0 saturated carbocycles. The lowest BCUT2D eigenvalue weighted by Crippen LogP contribution is -1.89. The molecule has 0 aliphatic heterocycles. The Kier molecular flexibility index (Phi) is 3.54. The Morgan fingerprint density at radius 3 is 3.00 bits per heavy atom. The number of hydrogen-bond donors (Lipinski definition) is 1. The molecule has 1 aromatic heterocycles. The molecule has 4 nitrogen and oxygen atoms in total. The molecule has 0 atom stereocenters. The Balaban J connectivity index is 2.18. The van der Waals surface area contributed by atoms with Gasteiger partial charge in [-0.2, -0.15) is 4.98 Å². The fourth-order valence-electron chi connectivity index (χ4n) is 1.33. The second-order valence-corrected chi connectivity index (χ2v) is 3.79. The third-order valence-electron chi connectivity index (χ3n) is 2.10. The Hall–Kier alpha value is -1.39. The molecule has 1 heterocycles. The van der Waals surface area contributed by atoms with Crippen LogP contribution < -0.4 is 0 Å². The maximum Gasteiger partial charge on any atom is 0.227 e. The van der Waals surface area contributed by atoms with E-state index in [9.17, 15) is 0 Å². The highest BCUT2D eigenvalue weighted by molar-refractivity contribution is 6.30. The number of aliphatic hydroxyl groups excluding tert-OH is 1. The average Bonchev–Trinajstić information content (AvgIpc) is 2.75. The van der Waals surface area contributed by atoms with Gasteiger partial charge in [-0.05, 0) is 18.6 Å². The molecule has 16 heavy (non-hydrogen) atoms. The highest BCUT2D eigenvalue weighted by Crippen LogP contribution is 2.20. The SMILES string of the molecule is OCCCc1nc(-c2cccc(Cl)c2)no1. The Bertz CT molecular complexity index is 471. The Morgan fingerprint density at radius 1 is 1.38 bits per heavy atom. The molecule has 0 aliphatic carbocycles. The number of aliphatic hydroxyl groups is 1. The van der Waals surface area contributed by atoms with Crippen LogP contribution in [-0.2, 0) is 6.42 Å². The Labute approximate surface area is 97.9 Å². The van der Waals surface area contributed by atoms with Gasteiger partial charge >= 0.3 is 0 Å². The zero-order valence-electron chi connectivity index (χ0n) is 8.56. The van der Waals surface area contributed by atoms with Crippen LogP contribution in [0.4, 0.5) is 0 Å². The van der Waals surface area contributed by atoms with E-state index in [1.54, 1.807) is 12.1 Å². The maximum absolute atomic E-state index is 8.68. The normalized spacial score (nSPS) is 10.6. The van der Waals surface area contributed by atoms with E-state index in [4.69, 9.17) is 21.2 Å². The van der Waals surface area contributed by atoms with E-state index in [-0.39, 0.29) is 6.61 Å². The molecule has 1 aromatic carbocycles. The van der Waals surface area contributed by atoms with Crippen LogP contribution in [0.15, 0.2) is 28.8 Å². The standard InChI is InChI=1S/C11H11ClN2O2/c12-9-4-1-3-8(7-9)11-13-10(16-14-11)5-2-6-15/h1,3-4,7,15H,2,5-6H2. The first kappa shape index (κ1) is 11.1. The van der Waals surface area contributed by atoms with E-state index in [1.807, 2.05) is 12.1 Å². The van der Waals surface area contributed by atoms with Gasteiger partial charge in [-0.3, -0.25) is 0 Å². The average molecular weight is 239 g/mol. The van der Waals surface area contributed by atoms with Gasteiger partial charge in [-0.1, -0.05) is 28.9 Å². The summed E-state index contributed by atoms with van der Waals surface area (Å²) in [5.41, 5.74) is 0.825. The van der Waals surface area contributed by atoms with Gasteiger partial charge in [0.15, 0.2) is 0 Å². The van der Waals surface area contributed by atoms with Crippen molar-refractivity contribution in [1.82, 2.24) is 10.1 Å². The first-order chi connectivity index (χ1) is 7.79. The number of benzene rings is 1. The van der Waals surface area contributed by atoms with Gasteiger partial charge in [0.25, 0.3) is 0 Å². The largest absolute Gasteiger partial charge is 0.396 e. The third kappa shape index (κ3) is 2.59. The van der Waals surface area contributed by atoms with Crippen LogP contribution in [0.2, 0.25) is 5.02 Å². The van der Waals surface area contributed by atoms with Crippen molar-refractivity contribution in [2.24, 2.45) is 0 Å². The highest BCUT2D eigenvalue weighted by Gasteiger charge is 2.08. The van der Waals surface area contributed by atoms with Crippen molar-refractivity contribution in [3.8, 4) is 11.4 Å². The summed E-state index contributed by atoms with van der Waals surface area (Å²) >= 11 is 5.87. The predicted octanol–water partition coefficient (Wildman–Crippen LogP) is 2.31. The Morgan fingerprint density at radius 2 is 2.25 bits per heavy atom. The van der Waals surface area contributed by atoms with Crippen LogP contribution in [0.5, 0.6) is 0 Å². The molecule has 0 fully saturated rings. The molecule has 0 bridgehead atoms. The minimum atomic E-state index is 0.120. The summed E-state index contributed by atoms with van der Waals surface area (Å²) in [5, 5.41) is 13.2. The van der Waals surface area contributed by atoms with Crippen LogP contribution in [0, 0.1) is 0 Å². The number of halogens is 1. The number of rotatable bonds is 4. The molecular weight excluding hydrogens is 228 g/mol. The quantitative estimate of drug-likeness (QED) is 0.888. The molecule has 0 radical (unpaired) electrons. The van der Waals surface area contributed by atoms with E-state index in [1.165, 1.54) is 0 Å². The minimum Gasteiger partial charge on any atom is -0.396 e. The van der Waals surface area contributed by atoms with Crippen LogP contribution in [0.3, 0.4) is 0 Å². The van der Waals surface area contributed by atoms with E-state index < -0.39 is 0 Å². The number of nitrogens with zero attached hydrogens (tertiary/aromatic N) is 2. The van der Waals surface area contributed by atoms with Crippen LogP contribution >= 0.6 is 11.6 Å². The van der Waals surface area contributed by atoms with Gasteiger partial charge in [0.05, 0.1) is 0 Å². The zero-order valence-corrected chi connectivity index (χ0v) is 9.31. The number of hydrogen-bond acceptors (Lipinski definition) is 4. The molecular formula is C11H11ClN2O2. The zero-order chi connectivity index (χ0) is 11.4. The second-order valence-electron chi connectivity index (χ2n) is 3.35. The van der Waals surface area contributed by atoms with Gasteiger partial charge in [0, 0.05) is 23.6 Å². The van der Waals surface area contributed by atoms with Gasteiger partial charge in [0.2, 0.25) is 11.7 Å². The topological polar surface area (TPSA) is 59.2 Å². The molecule has 0 amide bonds. The van der Waals surface area contributed by atoms with E-state index in [0.717, 1.165) is 5.56 Å². The molecule has 1 N–H and O–H groups in total. The molecule has 84 valence electrons. The lowest BCUT2D eigenvalue weighted by atomic mass is 10.2. The lowest BCUT2D eigenvalue weighted by Gasteiger charge is -1.93. The smallest absolute Gasteiger partial charge is 0.227 e. The summed E-state index contributed by atoms with van der Waals surface area (Å²) in [6, 6.07) is 7.27. The van der Waals surface area contributed by atoms with E-state index in [2.05, 4.69) is 10.1 Å². The second kappa shape index (κ2) is 5.09. The monoisotopic (exact) mass is 238 g/mol. The van der Waals surface area contributed by atoms with Crippen molar-refractivity contribution >= 4 is 11.6 Å². The molecule has 0 saturated heterocycles. The van der Waals surface area contributed by atoms with Gasteiger partial charge in [0.1, 0.15) is 0 Å². The van der Waals surface area contributed by atoms with Crippen molar-refractivity contribution in [1.29, 1.82) is 0 Å². The molecule has 2 aromatic rings. The van der Waals surface area contributed by atoms with Crippen molar-refractivity contribution in [3.63, 3.8) is 0 Å². The van der Waals surface area contributed by atoms with Gasteiger partial charge < -0.3 is 9.63 Å². The van der Waals surface area contributed by atoms with Gasteiger partial charge in [-0.15, -0.1) is 0 Å². The van der Waals surface area contributed by atoms with Crippen molar-refractivity contribution in [2.45, 2.75) is 12.8 Å². The highest BCUT2D eigenvalue weighted by atomic mass is 35.5. The summed E-state index contributed by atoms with van der Waals surface area (Å²) in [5.74, 6) is 1.06. The molecule has 0 aliphatic rings. The fraction of sp³-hybridized carbons (Fsp3) is 0.273. The fourth-order valence-corrected chi connectivity index (χ4v) is 1.52. The number of aromatic nitrogens is 2. The molecule has 2 rings (SSSR count). The molecule has 5 heteroatoms. The van der Waals surface area contributed by atoms with Crippen molar-refractivity contribution < 1.29 is 9.63 Å². The third-order valence-corrected chi connectivity index (χ3v) is 2.33. The summed E-state index contributed by atoms with van der Waals surface area (Å²) in [6.45, 7) is 0.120.